The van der Waals surface area contributed by atoms with Crippen molar-refractivity contribution in [3.8, 4) is 0 Å². The van der Waals surface area contributed by atoms with Crippen molar-refractivity contribution in [1.29, 1.82) is 0 Å². The third-order valence-corrected chi connectivity index (χ3v) is 5.63. The van der Waals surface area contributed by atoms with Crippen LogP contribution >= 0.6 is 0 Å². The third-order valence-electron chi connectivity index (χ3n) is 5.63. The predicted molar refractivity (Wildman–Crippen MR) is 127 cm³/mol. The van der Waals surface area contributed by atoms with Crippen LogP contribution in [-0.4, -0.2) is 55.2 Å². The lowest BCUT2D eigenvalue weighted by molar-refractivity contribution is 0.0342. The summed E-state index contributed by atoms with van der Waals surface area (Å²) in [5.41, 5.74) is 5.09. The van der Waals surface area contributed by atoms with E-state index in [9.17, 15) is 0 Å². The molecule has 2 heterocycles. The number of nitrogens with one attached hydrogen (secondary N) is 3. The third kappa shape index (κ3) is 6.09. The molecular weight excluding hydrogens is 386 g/mol. The van der Waals surface area contributed by atoms with Crippen LogP contribution < -0.4 is 10.6 Å². The minimum absolute atomic E-state index is 0.666. The molecule has 3 aromatic rings. The number of ether oxygens (including phenoxy) is 1. The Hall–Kier alpha value is -2.83. The molecule has 1 saturated heterocycles. The van der Waals surface area contributed by atoms with Gasteiger partial charge in [0.1, 0.15) is 0 Å². The smallest absolute Gasteiger partial charge is 0.191 e. The Balaban J connectivity index is 1.32. The zero-order valence-corrected chi connectivity index (χ0v) is 18.4. The van der Waals surface area contributed by atoms with E-state index >= 15 is 0 Å². The van der Waals surface area contributed by atoms with Crippen LogP contribution in [0.2, 0.25) is 0 Å². The molecule has 0 saturated carbocycles. The molecule has 0 atom stereocenters. The number of para-hydroxylation sites is 1. The maximum atomic E-state index is 5.45. The summed E-state index contributed by atoms with van der Waals surface area (Å²) in [7, 11) is 0. The van der Waals surface area contributed by atoms with Gasteiger partial charge < -0.3 is 20.4 Å². The molecule has 1 aliphatic rings. The van der Waals surface area contributed by atoms with Crippen LogP contribution in [0.3, 0.4) is 0 Å². The van der Waals surface area contributed by atoms with Gasteiger partial charge in [-0.15, -0.1) is 0 Å². The number of aromatic nitrogens is 1. The Morgan fingerprint density at radius 3 is 2.77 bits per heavy atom. The molecule has 1 aromatic heterocycles. The van der Waals surface area contributed by atoms with Crippen LogP contribution in [0, 0.1) is 0 Å². The lowest BCUT2D eigenvalue weighted by atomic mass is 10.1. The van der Waals surface area contributed by atoms with Gasteiger partial charge in [0.05, 0.1) is 19.8 Å². The van der Waals surface area contributed by atoms with Crippen molar-refractivity contribution in [1.82, 2.24) is 20.5 Å². The van der Waals surface area contributed by atoms with Crippen molar-refractivity contribution >= 4 is 16.9 Å². The zero-order valence-electron chi connectivity index (χ0n) is 18.4. The Morgan fingerprint density at radius 1 is 1.06 bits per heavy atom. The van der Waals surface area contributed by atoms with Crippen LogP contribution in [0.5, 0.6) is 0 Å². The summed E-state index contributed by atoms with van der Waals surface area (Å²) in [4.78, 5) is 10.6. The first-order valence-corrected chi connectivity index (χ1v) is 11.3. The summed E-state index contributed by atoms with van der Waals surface area (Å²) >= 11 is 0. The first kappa shape index (κ1) is 21.4. The lowest BCUT2D eigenvalue weighted by Crippen LogP contribution is -2.38. The van der Waals surface area contributed by atoms with Gasteiger partial charge in [0, 0.05) is 49.8 Å². The van der Waals surface area contributed by atoms with Crippen LogP contribution in [-0.2, 0) is 24.2 Å². The Morgan fingerprint density at radius 2 is 1.90 bits per heavy atom. The molecular formula is C25H33N5O. The molecule has 2 aromatic carbocycles. The second-order valence-corrected chi connectivity index (χ2v) is 7.94. The van der Waals surface area contributed by atoms with E-state index in [2.05, 4.69) is 82.2 Å². The molecule has 0 bridgehead atoms. The average Bonchev–Trinajstić information content (AvgIpc) is 3.22. The van der Waals surface area contributed by atoms with Crippen LogP contribution in [0.4, 0.5) is 0 Å². The summed E-state index contributed by atoms with van der Waals surface area (Å²) in [5.74, 6) is 0.862. The molecule has 1 aliphatic heterocycles. The van der Waals surface area contributed by atoms with Crippen molar-refractivity contribution in [2.45, 2.75) is 26.4 Å². The van der Waals surface area contributed by atoms with Gasteiger partial charge in [0.2, 0.25) is 0 Å². The molecule has 0 amide bonds. The number of fused-ring (bicyclic) bond motifs is 1. The standard InChI is InChI=1S/C25H33N5O/c1-2-26-25(27-11-10-22-18-28-24-9-4-3-8-23(22)24)29-17-20-6-5-7-21(16-20)19-30-12-14-31-15-13-30/h3-9,16,18,28H,2,10-15,17,19H2,1H3,(H2,26,27,29). The van der Waals surface area contributed by atoms with Gasteiger partial charge in [-0.3, -0.25) is 4.90 Å². The van der Waals surface area contributed by atoms with E-state index in [0.717, 1.165) is 58.3 Å². The second kappa shape index (κ2) is 11.0. The molecule has 4 rings (SSSR count). The summed E-state index contributed by atoms with van der Waals surface area (Å²) < 4.78 is 5.45. The maximum Gasteiger partial charge on any atom is 0.191 e. The highest BCUT2D eigenvalue weighted by molar-refractivity contribution is 5.83. The SMILES string of the molecule is CCNC(=NCc1cccc(CN2CCOCC2)c1)NCCc1c[nH]c2ccccc12. The number of aliphatic imine (C=N–C) groups is 1. The second-order valence-electron chi connectivity index (χ2n) is 7.94. The zero-order chi connectivity index (χ0) is 21.3. The number of morpholine rings is 1. The number of hydrogen-bond acceptors (Lipinski definition) is 3. The van der Waals surface area contributed by atoms with E-state index in [1.165, 1.54) is 27.6 Å². The molecule has 0 radical (unpaired) electrons. The molecule has 1 fully saturated rings. The monoisotopic (exact) mass is 419 g/mol. The lowest BCUT2D eigenvalue weighted by Gasteiger charge is -2.26. The Labute approximate surface area is 184 Å². The fourth-order valence-corrected chi connectivity index (χ4v) is 4.01. The topological polar surface area (TPSA) is 64.7 Å². The van der Waals surface area contributed by atoms with E-state index in [-0.39, 0.29) is 0 Å². The van der Waals surface area contributed by atoms with Crippen molar-refractivity contribution in [2.75, 3.05) is 39.4 Å². The highest BCUT2D eigenvalue weighted by Gasteiger charge is 2.10. The predicted octanol–water partition coefficient (Wildman–Crippen LogP) is 3.30. The summed E-state index contributed by atoms with van der Waals surface area (Å²) in [6, 6.07) is 17.2. The summed E-state index contributed by atoms with van der Waals surface area (Å²) in [5, 5.41) is 8.13. The maximum absolute atomic E-state index is 5.45. The molecule has 164 valence electrons. The molecule has 6 nitrogen and oxygen atoms in total. The average molecular weight is 420 g/mol. The normalized spacial score (nSPS) is 15.3. The fourth-order valence-electron chi connectivity index (χ4n) is 4.01. The number of H-pyrrole nitrogens is 1. The molecule has 0 aliphatic carbocycles. The van der Waals surface area contributed by atoms with Crippen molar-refractivity contribution in [2.24, 2.45) is 4.99 Å². The number of guanidine groups is 1. The van der Waals surface area contributed by atoms with Crippen LogP contribution in [0.1, 0.15) is 23.6 Å². The van der Waals surface area contributed by atoms with Gasteiger partial charge in [0.25, 0.3) is 0 Å². The number of rotatable bonds is 8. The minimum Gasteiger partial charge on any atom is -0.379 e. The number of hydrogen-bond donors (Lipinski definition) is 3. The molecule has 31 heavy (non-hydrogen) atoms. The van der Waals surface area contributed by atoms with Gasteiger partial charge in [-0.25, -0.2) is 4.99 Å². The Kier molecular flexibility index (Phi) is 7.58. The molecule has 0 spiro atoms. The van der Waals surface area contributed by atoms with Crippen LogP contribution in [0.25, 0.3) is 10.9 Å². The molecule has 3 N–H and O–H groups in total. The van der Waals surface area contributed by atoms with Crippen molar-refractivity contribution in [3.05, 3.63) is 71.4 Å². The van der Waals surface area contributed by atoms with Gasteiger partial charge in [-0.2, -0.15) is 0 Å². The van der Waals surface area contributed by atoms with E-state index in [1.54, 1.807) is 0 Å². The minimum atomic E-state index is 0.666. The van der Waals surface area contributed by atoms with E-state index in [0.29, 0.717) is 6.54 Å². The molecule has 0 unspecified atom stereocenters. The van der Waals surface area contributed by atoms with E-state index in [4.69, 9.17) is 9.73 Å². The first-order valence-electron chi connectivity index (χ1n) is 11.3. The summed E-state index contributed by atoms with van der Waals surface area (Å²) in [6.45, 7) is 9.10. The van der Waals surface area contributed by atoms with Gasteiger partial charge in [-0.05, 0) is 36.1 Å². The van der Waals surface area contributed by atoms with Crippen LogP contribution in [0.15, 0.2) is 59.7 Å². The highest BCUT2D eigenvalue weighted by Crippen LogP contribution is 2.17. The Bertz CT molecular complexity index is 990. The van der Waals surface area contributed by atoms with E-state index < -0.39 is 0 Å². The number of benzene rings is 2. The number of aromatic amines is 1. The summed E-state index contributed by atoms with van der Waals surface area (Å²) in [6.07, 6.45) is 3.06. The van der Waals surface area contributed by atoms with Gasteiger partial charge in [0.15, 0.2) is 5.96 Å². The van der Waals surface area contributed by atoms with Crippen molar-refractivity contribution in [3.63, 3.8) is 0 Å². The van der Waals surface area contributed by atoms with Crippen molar-refractivity contribution < 1.29 is 4.74 Å². The highest BCUT2D eigenvalue weighted by atomic mass is 16.5. The largest absolute Gasteiger partial charge is 0.379 e. The molecule has 6 heteroatoms. The van der Waals surface area contributed by atoms with Gasteiger partial charge in [-0.1, -0.05) is 42.5 Å². The van der Waals surface area contributed by atoms with E-state index in [1.807, 2.05) is 0 Å². The fraction of sp³-hybridized carbons (Fsp3) is 0.400. The quantitative estimate of drug-likeness (QED) is 0.387. The first-order chi connectivity index (χ1) is 15.3. The number of nitrogens with zero attached hydrogens (tertiary/aromatic N) is 2. The van der Waals surface area contributed by atoms with Gasteiger partial charge >= 0.3 is 0 Å².